The van der Waals surface area contributed by atoms with Gasteiger partial charge in [-0.3, -0.25) is 19.3 Å². The van der Waals surface area contributed by atoms with Gasteiger partial charge < -0.3 is 15.7 Å². The number of aryl methyl sites for hydroxylation is 1. The van der Waals surface area contributed by atoms with Crippen molar-refractivity contribution in [2.75, 3.05) is 18.4 Å². The molecule has 7 nitrogen and oxygen atoms in total. The minimum absolute atomic E-state index is 0.0560. The van der Waals surface area contributed by atoms with E-state index in [0.717, 1.165) is 11.1 Å². The van der Waals surface area contributed by atoms with Crippen LogP contribution in [0.15, 0.2) is 36.4 Å². The Morgan fingerprint density at radius 3 is 2.67 bits per heavy atom. The Morgan fingerprint density at radius 2 is 1.97 bits per heavy atom. The minimum Gasteiger partial charge on any atom is -0.481 e. The third-order valence-corrected chi connectivity index (χ3v) is 8.08. The Kier molecular flexibility index (Phi) is 6.01. The van der Waals surface area contributed by atoms with Crippen molar-refractivity contribution in [3.05, 3.63) is 63.1 Å². The number of aliphatic carboxylic acids is 1. The maximum absolute atomic E-state index is 14.7. The number of carbonyl (C=O) groups is 3. The summed E-state index contributed by atoms with van der Waals surface area (Å²) in [7, 11) is 0. The number of anilines is 1. The molecule has 3 heterocycles. The second-order valence-electron chi connectivity index (χ2n) is 9.60. The van der Waals surface area contributed by atoms with Gasteiger partial charge in [-0.05, 0) is 36.6 Å². The van der Waals surface area contributed by atoms with Crippen LogP contribution in [0.5, 0.6) is 0 Å². The molecule has 0 bridgehead atoms. The summed E-state index contributed by atoms with van der Waals surface area (Å²) in [5.41, 5.74) is 0.183. The fraction of sp³-hybridized carbons (Fsp3) is 0.400. The molecule has 3 N–H and O–H groups in total. The molecular formula is C25H23Cl2F2N3O4. The SMILES string of the molecule is Cc1ccccc1CCNC(=O)C1C2CC(F)(F)CN2C2(C(=O)Nc3c(Cl)cc(Cl)cc32)C1C(=O)O. The molecule has 4 unspecified atom stereocenters. The van der Waals surface area contributed by atoms with Gasteiger partial charge in [0.15, 0.2) is 0 Å². The number of alkyl halides is 2. The number of nitrogens with zero attached hydrogens (tertiary/aromatic N) is 1. The number of rotatable bonds is 5. The Balaban J connectivity index is 1.55. The molecule has 190 valence electrons. The van der Waals surface area contributed by atoms with Crippen molar-refractivity contribution in [2.24, 2.45) is 11.8 Å². The van der Waals surface area contributed by atoms with Gasteiger partial charge in [0.05, 0.1) is 23.2 Å². The molecular weight excluding hydrogens is 515 g/mol. The second-order valence-corrected chi connectivity index (χ2v) is 10.4. The first-order chi connectivity index (χ1) is 17.0. The molecule has 1 spiro atoms. The van der Waals surface area contributed by atoms with Crippen molar-refractivity contribution >= 4 is 46.7 Å². The van der Waals surface area contributed by atoms with Gasteiger partial charge in [-0.1, -0.05) is 47.5 Å². The molecule has 0 aliphatic carbocycles. The lowest BCUT2D eigenvalue weighted by atomic mass is 9.73. The largest absolute Gasteiger partial charge is 0.481 e. The molecule has 2 saturated heterocycles. The lowest BCUT2D eigenvalue weighted by molar-refractivity contribution is -0.153. The van der Waals surface area contributed by atoms with Crippen molar-refractivity contribution < 1.29 is 28.3 Å². The summed E-state index contributed by atoms with van der Waals surface area (Å²) in [5, 5.41) is 15.8. The van der Waals surface area contributed by atoms with Crippen LogP contribution in [-0.4, -0.2) is 52.8 Å². The second kappa shape index (κ2) is 8.68. The molecule has 36 heavy (non-hydrogen) atoms. The van der Waals surface area contributed by atoms with E-state index in [1.54, 1.807) is 0 Å². The quantitative estimate of drug-likeness (QED) is 0.538. The molecule has 3 aliphatic rings. The standard InChI is InChI=1S/C25H23Cl2F2N3O4/c1-12-4-2-3-5-13(12)6-7-30-21(33)18-17-10-24(28,29)11-32(17)25(19(18)22(34)35)15-8-14(26)9-16(27)20(15)31-23(25)36/h2-5,8-9,17-19H,6-7,10-11H2,1H3,(H,30,33)(H,31,36)(H,34,35). The van der Waals surface area contributed by atoms with E-state index in [4.69, 9.17) is 23.2 Å². The van der Waals surface area contributed by atoms with Gasteiger partial charge in [-0.2, -0.15) is 0 Å². The number of fused-ring (bicyclic) bond motifs is 4. The van der Waals surface area contributed by atoms with E-state index < -0.39 is 60.1 Å². The number of carboxylic acids is 1. The molecule has 3 aliphatic heterocycles. The third kappa shape index (κ3) is 3.67. The Labute approximate surface area is 215 Å². The Morgan fingerprint density at radius 1 is 1.25 bits per heavy atom. The molecule has 2 aromatic rings. The summed E-state index contributed by atoms with van der Waals surface area (Å²) in [5.74, 6) is -9.19. The smallest absolute Gasteiger partial charge is 0.310 e. The molecule has 2 fully saturated rings. The number of carboxylic acid groups (broad SMARTS) is 1. The van der Waals surface area contributed by atoms with E-state index in [0.29, 0.717) is 6.42 Å². The monoisotopic (exact) mass is 537 g/mol. The first kappa shape index (κ1) is 24.9. The topological polar surface area (TPSA) is 98.7 Å². The summed E-state index contributed by atoms with van der Waals surface area (Å²) in [4.78, 5) is 40.8. The third-order valence-electron chi connectivity index (χ3n) is 7.56. The molecule has 0 radical (unpaired) electrons. The molecule has 0 aromatic heterocycles. The van der Waals surface area contributed by atoms with E-state index in [1.807, 2.05) is 31.2 Å². The van der Waals surface area contributed by atoms with Crippen LogP contribution in [0, 0.1) is 18.8 Å². The van der Waals surface area contributed by atoms with Crippen molar-refractivity contribution in [1.29, 1.82) is 0 Å². The Bertz CT molecular complexity index is 1290. The zero-order chi connectivity index (χ0) is 26.0. The number of hydrogen-bond acceptors (Lipinski definition) is 4. The minimum atomic E-state index is -3.22. The highest BCUT2D eigenvalue weighted by Crippen LogP contribution is 2.60. The zero-order valence-electron chi connectivity index (χ0n) is 19.2. The fourth-order valence-electron chi connectivity index (χ4n) is 6.13. The van der Waals surface area contributed by atoms with E-state index in [-0.39, 0.29) is 27.8 Å². The van der Waals surface area contributed by atoms with Gasteiger partial charge >= 0.3 is 5.97 Å². The normalized spacial score (nSPS) is 28.1. The number of halogens is 4. The van der Waals surface area contributed by atoms with Crippen molar-refractivity contribution in [3.63, 3.8) is 0 Å². The average molecular weight is 538 g/mol. The fourth-order valence-corrected chi connectivity index (χ4v) is 6.67. The average Bonchev–Trinajstić information content (AvgIpc) is 3.36. The highest BCUT2D eigenvalue weighted by atomic mass is 35.5. The van der Waals surface area contributed by atoms with E-state index in [9.17, 15) is 28.3 Å². The predicted octanol–water partition coefficient (Wildman–Crippen LogP) is 3.85. The lowest BCUT2D eigenvalue weighted by Crippen LogP contribution is -2.54. The summed E-state index contributed by atoms with van der Waals surface area (Å²) >= 11 is 12.5. The van der Waals surface area contributed by atoms with Crippen LogP contribution in [0.3, 0.4) is 0 Å². The van der Waals surface area contributed by atoms with Gasteiger partial charge in [-0.25, -0.2) is 8.78 Å². The lowest BCUT2D eigenvalue weighted by Gasteiger charge is -2.35. The van der Waals surface area contributed by atoms with Gasteiger partial charge in [0, 0.05) is 29.6 Å². The van der Waals surface area contributed by atoms with E-state index in [1.165, 1.54) is 17.0 Å². The van der Waals surface area contributed by atoms with Gasteiger partial charge in [0.2, 0.25) is 5.91 Å². The number of amides is 2. The van der Waals surface area contributed by atoms with Gasteiger partial charge in [-0.15, -0.1) is 0 Å². The maximum Gasteiger partial charge on any atom is 0.310 e. The van der Waals surface area contributed by atoms with Gasteiger partial charge in [0.1, 0.15) is 11.5 Å². The van der Waals surface area contributed by atoms with Crippen molar-refractivity contribution in [1.82, 2.24) is 10.2 Å². The van der Waals surface area contributed by atoms with Crippen LogP contribution in [-0.2, 0) is 26.3 Å². The first-order valence-electron chi connectivity index (χ1n) is 11.5. The summed E-state index contributed by atoms with van der Waals surface area (Å²) in [6.07, 6.45) is -0.265. The predicted molar refractivity (Wildman–Crippen MR) is 129 cm³/mol. The van der Waals surface area contributed by atoms with Crippen molar-refractivity contribution in [3.8, 4) is 0 Å². The molecule has 0 saturated carbocycles. The number of nitrogens with one attached hydrogen (secondary N) is 2. The highest BCUT2D eigenvalue weighted by molar-refractivity contribution is 6.38. The molecule has 11 heteroatoms. The zero-order valence-corrected chi connectivity index (χ0v) is 20.7. The van der Waals surface area contributed by atoms with Crippen molar-refractivity contribution in [2.45, 2.75) is 37.3 Å². The summed E-state index contributed by atoms with van der Waals surface area (Å²) < 4.78 is 29.5. The Hall–Kier alpha value is -2.75. The molecule has 4 atom stereocenters. The molecule has 2 amide bonds. The van der Waals surface area contributed by atoms with Crippen LogP contribution >= 0.6 is 23.2 Å². The van der Waals surface area contributed by atoms with Crippen LogP contribution in [0.2, 0.25) is 10.0 Å². The molecule has 2 aromatic carbocycles. The van der Waals surface area contributed by atoms with E-state index >= 15 is 0 Å². The van der Waals surface area contributed by atoms with Crippen LogP contribution < -0.4 is 10.6 Å². The van der Waals surface area contributed by atoms with Gasteiger partial charge in [0.25, 0.3) is 11.8 Å². The first-order valence-corrected chi connectivity index (χ1v) is 12.2. The number of hydrogen-bond donors (Lipinski definition) is 3. The summed E-state index contributed by atoms with van der Waals surface area (Å²) in [6.45, 7) is 1.25. The summed E-state index contributed by atoms with van der Waals surface area (Å²) in [6, 6.07) is 9.18. The highest BCUT2D eigenvalue weighted by Gasteiger charge is 2.74. The van der Waals surface area contributed by atoms with Crippen LogP contribution in [0.25, 0.3) is 0 Å². The number of carbonyl (C=O) groups excluding carboxylic acids is 2. The molecule has 5 rings (SSSR count). The maximum atomic E-state index is 14.7. The van der Waals surface area contributed by atoms with Crippen LogP contribution in [0.4, 0.5) is 14.5 Å². The van der Waals surface area contributed by atoms with Crippen LogP contribution in [0.1, 0.15) is 23.1 Å². The van der Waals surface area contributed by atoms with E-state index in [2.05, 4.69) is 10.6 Å². The number of benzene rings is 2.